The molecule has 1 atom stereocenters. The summed E-state index contributed by atoms with van der Waals surface area (Å²) in [5, 5.41) is 2.02. The minimum absolute atomic E-state index is 0.355. The van der Waals surface area contributed by atoms with Gasteiger partial charge in [-0.05, 0) is 0 Å². The Hall–Kier alpha value is -1.77. The normalized spacial score (nSPS) is 20.1. The van der Waals surface area contributed by atoms with E-state index in [4.69, 9.17) is 9.47 Å². The molecule has 0 amide bonds. The van der Waals surface area contributed by atoms with Crippen LogP contribution in [-0.2, 0) is 10.1 Å². The fourth-order valence-corrected chi connectivity index (χ4v) is 6.71. The summed E-state index contributed by atoms with van der Waals surface area (Å²) in [5.74, 6) is 1.15. The second-order valence-electron chi connectivity index (χ2n) is 8.94. The molecule has 3 nitrogen and oxygen atoms in total. The Bertz CT molecular complexity index is 820. The van der Waals surface area contributed by atoms with Gasteiger partial charge >= 0.3 is 194 Å². The van der Waals surface area contributed by atoms with E-state index in [0.717, 1.165) is 27.5 Å². The molecule has 168 valence electrons. The maximum atomic E-state index is 12.0. The van der Waals surface area contributed by atoms with Crippen molar-refractivity contribution in [2.24, 2.45) is 11.3 Å². The summed E-state index contributed by atoms with van der Waals surface area (Å²) in [5.41, 5.74) is 3.77. The van der Waals surface area contributed by atoms with Crippen LogP contribution in [0.25, 0.3) is 0 Å². The number of hydrogen-bond donors (Lipinski definition) is 0. The average molecular weight is 488 g/mol. The predicted molar refractivity (Wildman–Crippen MR) is 129 cm³/mol. The van der Waals surface area contributed by atoms with Gasteiger partial charge in [0, 0.05) is 0 Å². The van der Waals surface area contributed by atoms with E-state index in [1.165, 1.54) is 64.0 Å². The molecular weight excluding hydrogens is 451 g/mol. The molecule has 0 radical (unpaired) electrons. The van der Waals surface area contributed by atoms with Crippen molar-refractivity contribution in [3.8, 4) is 5.75 Å². The summed E-state index contributed by atoms with van der Waals surface area (Å²) in [7, 11) is 2.97. The van der Waals surface area contributed by atoms with Crippen molar-refractivity contribution >= 4 is 20.9 Å². The first-order chi connectivity index (χ1) is 15.1. The van der Waals surface area contributed by atoms with Crippen LogP contribution in [0.1, 0.15) is 67.3 Å². The first-order valence-corrected chi connectivity index (χ1v) is 13.8. The molecular formula is C27H36O3Se. The molecule has 1 spiro atoms. The van der Waals surface area contributed by atoms with Gasteiger partial charge in [-0.2, -0.15) is 0 Å². The Balaban J connectivity index is 1.46. The first-order valence-electron chi connectivity index (χ1n) is 11.4. The summed E-state index contributed by atoms with van der Waals surface area (Å²) in [6.07, 6.45) is 20.0. The monoisotopic (exact) mass is 488 g/mol. The molecule has 0 N–H and O–H groups in total. The average Bonchev–Trinajstić information content (AvgIpc) is 3.54. The van der Waals surface area contributed by atoms with Gasteiger partial charge in [0.15, 0.2) is 0 Å². The van der Waals surface area contributed by atoms with Crippen LogP contribution in [0.5, 0.6) is 5.75 Å². The number of hydrogen-bond acceptors (Lipinski definition) is 3. The van der Waals surface area contributed by atoms with E-state index in [-0.39, 0.29) is 5.97 Å². The number of benzene rings is 1. The maximum absolute atomic E-state index is 12.0. The van der Waals surface area contributed by atoms with E-state index >= 15 is 0 Å². The molecule has 0 heterocycles. The van der Waals surface area contributed by atoms with Gasteiger partial charge in [-0.25, -0.2) is 0 Å². The minimum atomic E-state index is -0.355. The quantitative estimate of drug-likeness (QED) is 0.202. The third-order valence-corrected chi connectivity index (χ3v) is 8.87. The van der Waals surface area contributed by atoms with Crippen molar-refractivity contribution in [1.82, 2.24) is 0 Å². The van der Waals surface area contributed by atoms with Crippen LogP contribution in [-0.4, -0.2) is 35.1 Å². The molecule has 3 rings (SSSR count). The van der Waals surface area contributed by atoms with Crippen molar-refractivity contribution in [1.29, 1.82) is 0 Å². The van der Waals surface area contributed by atoms with Gasteiger partial charge in [-0.15, -0.1) is 0 Å². The second-order valence-corrected chi connectivity index (χ2v) is 11.0. The fraction of sp³-hybridized carbons (Fsp3) is 0.519. The van der Waals surface area contributed by atoms with Crippen LogP contribution in [0.2, 0.25) is 5.32 Å². The Morgan fingerprint density at radius 1 is 1.29 bits per heavy atom. The van der Waals surface area contributed by atoms with Crippen molar-refractivity contribution in [2.45, 2.75) is 62.0 Å². The molecule has 2 fully saturated rings. The molecule has 1 aromatic carbocycles. The Kier molecular flexibility index (Phi) is 9.04. The van der Waals surface area contributed by atoms with E-state index in [1.807, 2.05) is 24.3 Å². The van der Waals surface area contributed by atoms with E-state index in [9.17, 15) is 4.79 Å². The molecule has 31 heavy (non-hydrogen) atoms. The van der Waals surface area contributed by atoms with Crippen LogP contribution in [0.15, 0.2) is 54.7 Å². The van der Waals surface area contributed by atoms with Gasteiger partial charge in [-0.3, -0.25) is 0 Å². The zero-order valence-electron chi connectivity index (χ0n) is 19.0. The summed E-state index contributed by atoms with van der Waals surface area (Å²) in [4.78, 5) is 12.0. The van der Waals surface area contributed by atoms with Gasteiger partial charge in [0.25, 0.3) is 0 Å². The van der Waals surface area contributed by atoms with Gasteiger partial charge in [0.1, 0.15) is 0 Å². The van der Waals surface area contributed by atoms with Gasteiger partial charge < -0.3 is 0 Å². The fourth-order valence-electron chi connectivity index (χ4n) is 4.73. The molecule has 1 aromatic rings. The number of rotatable bonds is 11. The molecule has 2 saturated carbocycles. The van der Waals surface area contributed by atoms with Crippen molar-refractivity contribution < 1.29 is 14.3 Å². The van der Waals surface area contributed by atoms with Crippen LogP contribution < -0.4 is 4.74 Å². The summed E-state index contributed by atoms with van der Waals surface area (Å²) in [6, 6.07) is 5.79. The molecule has 2 aliphatic rings. The predicted octanol–water partition coefficient (Wildman–Crippen LogP) is 6.52. The van der Waals surface area contributed by atoms with Crippen LogP contribution in [0.4, 0.5) is 0 Å². The third-order valence-electron chi connectivity index (χ3n) is 6.61. The molecule has 2 aliphatic carbocycles. The van der Waals surface area contributed by atoms with Gasteiger partial charge in [-0.1, -0.05) is 0 Å². The molecule has 0 aromatic heterocycles. The third kappa shape index (κ3) is 7.12. The molecule has 1 unspecified atom stereocenters. The van der Waals surface area contributed by atoms with Crippen LogP contribution >= 0.6 is 0 Å². The standard InChI is InChI=1S/C27H36O3Se/c1-4-8-22(10-6-5-9-21-11-7-14-27(18-21)15-16-27)19-31-20-23-12-13-25(29-2)24(17-23)26(28)30-3/h4,6,8,10,12-13,17,21H,1,5,7,9,11,14-16,18-20H2,2-3H3/b10-6-,22-8+. The Morgan fingerprint density at radius 3 is 2.84 bits per heavy atom. The van der Waals surface area contributed by atoms with Crippen molar-refractivity contribution in [3.05, 3.63) is 65.8 Å². The SMILES string of the molecule is C=C/C=C(\C=C/CCC1CCCC2(CC2)C1)C[Se]Cc1ccc(OC)c(C(=O)OC)c1. The van der Waals surface area contributed by atoms with E-state index in [0.29, 0.717) is 26.3 Å². The molecule has 0 bridgehead atoms. The number of esters is 1. The second kappa shape index (κ2) is 11.7. The number of methoxy groups -OCH3 is 2. The number of carbonyl (C=O) groups excluding carboxylic acids is 1. The van der Waals surface area contributed by atoms with Gasteiger partial charge in [0.05, 0.1) is 0 Å². The summed E-state index contributed by atoms with van der Waals surface area (Å²) >= 11 is 0.406. The Morgan fingerprint density at radius 2 is 2.13 bits per heavy atom. The Labute approximate surface area is 194 Å². The van der Waals surface area contributed by atoms with E-state index < -0.39 is 0 Å². The zero-order chi connectivity index (χ0) is 22.1. The number of allylic oxidation sites excluding steroid dienone is 5. The van der Waals surface area contributed by atoms with Crippen molar-refractivity contribution in [2.75, 3.05) is 14.2 Å². The first kappa shape index (κ1) is 23.9. The van der Waals surface area contributed by atoms with E-state index in [2.05, 4.69) is 24.8 Å². The topological polar surface area (TPSA) is 35.5 Å². The molecule has 0 saturated heterocycles. The van der Waals surface area contributed by atoms with Gasteiger partial charge in [0.2, 0.25) is 0 Å². The summed E-state index contributed by atoms with van der Waals surface area (Å²) in [6.45, 7) is 3.88. The van der Waals surface area contributed by atoms with E-state index in [1.54, 1.807) is 7.11 Å². The summed E-state index contributed by atoms with van der Waals surface area (Å²) < 4.78 is 10.2. The molecule has 0 aliphatic heterocycles. The number of ether oxygens (including phenoxy) is 2. The van der Waals surface area contributed by atoms with Crippen molar-refractivity contribution in [3.63, 3.8) is 0 Å². The van der Waals surface area contributed by atoms with Crippen LogP contribution in [0, 0.1) is 11.3 Å². The zero-order valence-corrected chi connectivity index (χ0v) is 20.7. The van der Waals surface area contributed by atoms with Crippen LogP contribution in [0.3, 0.4) is 0 Å². The number of carbonyl (C=O) groups is 1. The molecule has 4 heteroatoms.